The molecule has 20 heavy (non-hydrogen) atoms. The third kappa shape index (κ3) is 2.14. The monoisotopic (exact) mass is 292 g/mol. The zero-order chi connectivity index (χ0) is 15.0. The summed E-state index contributed by atoms with van der Waals surface area (Å²) in [5.41, 5.74) is -1.91. The van der Waals surface area contributed by atoms with E-state index in [0.29, 0.717) is 6.07 Å². The minimum absolute atomic E-state index is 0.169. The normalized spacial score (nSPS) is 10.9. The average Bonchev–Trinajstić information content (AvgIpc) is 2.43. The topological polar surface area (TPSA) is 20.2 Å². The molecule has 2 rings (SSSR count). The van der Waals surface area contributed by atoms with E-state index >= 15 is 0 Å². The van der Waals surface area contributed by atoms with E-state index in [1.54, 1.807) is 0 Å². The van der Waals surface area contributed by atoms with Gasteiger partial charge < -0.3 is 5.11 Å². The van der Waals surface area contributed by atoms with Crippen LogP contribution >= 0.6 is 0 Å². The molecule has 1 N–H and O–H groups in total. The van der Waals surface area contributed by atoms with Crippen LogP contribution < -0.4 is 0 Å². The van der Waals surface area contributed by atoms with Crippen molar-refractivity contribution in [1.29, 1.82) is 0 Å². The second-order valence-electron chi connectivity index (χ2n) is 3.91. The summed E-state index contributed by atoms with van der Waals surface area (Å²) in [6.07, 6.45) is 0. The number of aliphatic hydroxyl groups is 1. The average molecular weight is 292 g/mol. The molecule has 0 amide bonds. The van der Waals surface area contributed by atoms with Crippen molar-refractivity contribution in [3.05, 3.63) is 58.7 Å². The Bertz CT molecular complexity index is 654. The van der Waals surface area contributed by atoms with Crippen molar-refractivity contribution in [3.63, 3.8) is 0 Å². The second-order valence-corrected chi connectivity index (χ2v) is 3.91. The maximum atomic E-state index is 13.5. The van der Waals surface area contributed by atoms with Crippen molar-refractivity contribution < 1.29 is 31.4 Å². The predicted molar refractivity (Wildman–Crippen MR) is 57.5 cm³/mol. The molecular weight excluding hydrogens is 286 g/mol. The zero-order valence-electron chi connectivity index (χ0n) is 9.65. The molecule has 0 atom stereocenters. The first-order chi connectivity index (χ1) is 9.38. The molecule has 0 aliphatic carbocycles. The molecule has 0 saturated carbocycles. The van der Waals surface area contributed by atoms with Gasteiger partial charge in [0.2, 0.25) is 5.82 Å². The fourth-order valence-electron chi connectivity index (χ4n) is 1.69. The SMILES string of the molecule is OCc1ccc(-c2c(F)c(F)c(F)c(F)c2F)cc1F. The molecule has 0 spiro atoms. The summed E-state index contributed by atoms with van der Waals surface area (Å²) >= 11 is 0. The lowest BCUT2D eigenvalue weighted by molar-refractivity contribution is 0.276. The maximum absolute atomic E-state index is 13.5. The first kappa shape index (κ1) is 14.4. The summed E-state index contributed by atoms with van der Waals surface area (Å²) in [5, 5.41) is 8.76. The Labute approximate surface area is 109 Å². The fourth-order valence-corrected chi connectivity index (χ4v) is 1.69. The Morgan fingerprint density at radius 3 is 1.70 bits per heavy atom. The minimum atomic E-state index is -2.28. The van der Waals surface area contributed by atoms with Crippen LogP contribution in [0.25, 0.3) is 11.1 Å². The van der Waals surface area contributed by atoms with Gasteiger partial charge in [-0.3, -0.25) is 0 Å². The number of rotatable bonds is 2. The van der Waals surface area contributed by atoms with Gasteiger partial charge >= 0.3 is 0 Å². The Kier molecular flexibility index (Phi) is 3.71. The smallest absolute Gasteiger partial charge is 0.200 e. The molecule has 0 unspecified atom stereocenters. The Morgan fingerprint density at radius 1 is 0.750 bits per heavy atom. The van der Waals surface area contributed by atoms with Crippen molar-refractivity contribution in [3.8, 4) is 11.1 Å². The van der Waals surface area contributed by atoms with Gasteiger partial charge in [0.25, 0.3) is 0 Å². The van der Waals surface area contributed by atoms with Crippen molar-refractivity contribution in [1.82, 2.24) is 0 Å². The standard InChI is InChI=1S/C13H6F6O/c14-7-3-5(1-2-6(7)4-20)8-9(15)11(17)13(19)12(18)10(8)16/h1-3,20H,4H2. The number of aliphatic hydroxyl groups excluding tert-OH is 1. The van der Waals surface area contributed by atoms with Crippen molar-refractivity contribution in [2.75, 3.05) is 0 Å². The number of benzene rings is 2. The first-order valence-electron chi connectivity index (χ1n) is 5.29. The van der Waals surface area contributed by atoms with E-state index in [2.05, 4.69) is 0 Å². The van der Waals surface area contributed by atoms with Gasteiger partial charge in [-0.2, -0.15) is 0 Å². The third-order valence-electron chi connectivity index (χ3n) is 2.72. The molecule has 0 aliphatic heterocycles. The van der Waals surface area contributed by atoms with Crippen molar-refractivity contribution >= 4 is 0 Å². The highest BCUT2D eigenvalue weighted by Crippen LogP contribution is 2.32. The maximum Gasteiger partial charge on any atom is 0.200 e. The second kappa shape index (κ2) is 5.16. The molecule has 0 saturated heterocycles. The van der Waals surface area contributed by atoms with Crippen molar-refractivity contribution in [2.24, 2.45) is 0 Å². The fraction of sp³-hybridized carbons (Fsp3) is 0.0769. The molecule has 0 fully saturated rings. The molecule has 0 aliphatic rings. The van der Waals surface area contributed by atoms with E-state index in [1.165, 1.54) is 0 Å². The Balaban J connectivity index is 2.73. The van der Waals surface area contributed by atoms with Gasteiger partial charge in [0, 0.05) is 5.56 Å². The predicted octanol–water partition coefficient (Wildman–Crippen LogP) is 3.68. The molecule has 106 valence electrons. The van der Waals surface area contributed by atoms with Crippen LogP contribution in [0.5, 0.6) is 0 Å². The molecule has 0 aromatic heterocycles. The van der Waals surface area contributed by atoms with Gasteiger partial charge in [-0.25, -0.2) is 26.3 Å². The highest BCUT2D eigenvalue weighted by atomic mass is 19.2. The Morgan fingerprint density at radius 2 is 1.25 bits per heavy atom. The van der Waals surface area contributed by atoms with Crippen LogP contribution in [0.4, 0.5) is 26.3 Å². The summed E-state index contributed by atoms with van der Waals surface area (Å²) in [5.74, 6) is -11.6. The van der Waals surface area contributed by atoms with Gasteiger partial charge in [-0.1, -0.05) is 12.1 Å². The molecule has 0 radical (unpaired) electrons. The minimum Gasteiger partial charge on any atom is -0.392 e. The highest BCUT2D eigenvalue weighted by molar-refractivity contribution is 5.65. The molecule has 2 aromatic carbocycles. The van der Waals surface area contributed by atoms with Crippen LogP contribution in [0, 0.1) is 34.9 Å². The number of halogens is 6. The molecular formula is C13H6F6O. The molecule has 0 heterocycles. The van der Waals surface area contributed by atoms with Crippen LogP contribution in [0.15, 0.2) is 18.2 Å². The van der Waals surface area contributed by atoms with E-state index < -0.39 is 52.6 Å². The van der Waals surface area contributed by atoms with E-state index in [1.807, 2.05) is 0 Å². The molecule has 1 nitrogen and oxygen atoms in total. The van der Waals surface area contributed by atoms with E-state index in [-0.39, 0.29) is 5.56 Å². The molecule has 2 aromatic rings. The van der Waals surface area contributed by atoms with Crippen LogP contribution in [-0.2, 0) is 6.61 Å². The summed E-state index contributed by atoms with van der Waals surface area (Å²) in [6, 6.07) is 2.53. The van der Waals surface area contributed by atoms with Crippen LogP contribution in [0.1, 0.15) is 5.56 Å². The summed E-state index contributed by atoms with van der Waals surface area (Å²) in [7, 11) is 0. The van der Waals surface area contributed by atoms with E-state index in [9.17, 15) is 26.3 Å². The summed E-state index contributed by atoms with van der Waals surface area (Å²) < 4.78 is 79.4. The molecule has 0 bridgehead atoms. The van der Waals surface area contributed by atoms with Crippen LogP contribution in [-0.4, -0.2) is 5.11 Å². The van der Waals surface area contributed by atoms with Crippen LogP contribution in [0.2, 0.25) is 0 Å². The Hall–Kier alpha value is -2.02. The van der Waals surface area contributed by atoms with E-state index in [4.69, 9.17) is 5.11 Å². The van der Waals surface area contributed by atoms with Crippen molar-refractivity contribution in [2.45, 2.75) is 6.61 Å². The van der Waals surface area contributed by atoms with Gasteiger partial charge in [0.05, 0.1) is 12.2 Å². The first-order valence-corrected chi connectivity index (χ1v) is 5.29. The lowest BCUT2D eigenvalue weighted by atomic mass is 10.0. The quantitative estimate of drug-likeness (QED) is 0.508. The summed E-state index contributed by atoms with van der Waals surface area (Å²) in [6.45, 7) is -0.663. The van der Waals surface area contributed by atoms with Gasteiger partial charge in [-0.05, 0) is 11.6 Å². The van der Waals surface area contributed by atoms with Gasteiger partial charge in [0.1, 0.15) is 5.82 Å². The van der Waals surface area contributed by atoms with Gasteiger partial charge in [0.15, 0.2) is 23.3 Å². The number of hydrogen-bond donors (Lipinski definition) is 1. The highest BCUT2D eigenvalue weighted by Gasteiger charge is 2.26. The van der Waals surface area contributed by atoms with Crippen LogP contribution in [0.3, 0.4) is 0 Å². The van der Waals surface area contributed by atoms with Gasteiger partial charge in [-0.15, -0.1) is 0 Å². The third-order valence-corrected chi connectivity index (χ3v) is 2.72. The zero-order valence-corrected chi connectivity index (χ0v) is 9.65. The molecule has 7 heteroatoms. The summed E-state index contributed by atoms with van der Waals surface area (Å²) in [4.78, 5) is 0. The number of hydrogen-bond acceptors (Lipinski definition) is 1. The lowest BCUT2D eigenvalue weighted by Gasteiger charge is -2.09. The largest absolute Gasteiger partial charge is 0.392 e. The lowest BCUT2D eigenvalue weighted by Crippen LogP contribution is -2.04. The van der Waals surface area contributed by atoms with E-state index in [0.717, 1.165) is 12.1 Å².